The van der Waals surface area contributed by atoms with Gasteiger partial charge >= 0.3 is 0 Å². The zero-order chi connectivity index (χ0) is 20.6. The molecule has 0 radical (unpaired) electrons. The number of methoxy groups -OCH3 is 1. The van der Waals surface area contributed by atoms with E-state index in [2.05, 4.69) is 58.4 Å². The third kappa shape index (κ3) is 6.88. The number of nitrogens with one attached hydrogen (secondary N) is 2. The Labute approximate surface area is 199 Å². The van der Waals surface area contributed by atoms with Gasteiger partial charge in [0, 0.05) is 57.9 Å². The minimum atomic E-state index is 0. The lowest BCUT2D eigenvalue weighted by molar-refractivity contribution is 0.122. The molecule has 2 aliphatic heterocycles. The predicted octanol–water partition coefficient (Wildman–Crippen LogP) is 2.08. The summed E-state index contributed by atoms with van der Waals surface area (Å²) in [7, 11) is 3.94. The molecule has 1 aromatic carbocycles. The van der Waals surface area contributed by atoms with E-state index >= 15 is 0 Å². The van der Waals surface area contributed by atoms with Crippen LogP contribution in [0, 0.1) is 0 Å². The smallest absolute Gasteiger partial charge is 0.191 e. The summed E-state index contributed by atoms with van der Waals surface area (Å²) in [6.45, 7) is 12.6. The maximum Gasteiger partial charge on any atom is 0.191 e. The molecule has 170 valence electrons. The molecule has 0 spiro atoms. The summed E-state index contributed by atoms with van der Waals surface area (Å²) in [6, 6.07) is 9.11. The van der Waals surface area contributed by atoms with Crippen LogP contribution in [0.3, 0.4) is 0 Å². The molecule has 2 N–H and O–H groups in total. The number of benzene rings is 1. The second-order valence-corrected chi connectivity index (χ2v) is 8.16. The maximum atomic E-state index is 5.54. The minimum Gasteiger partial charge on any atom is -0.495 e. The number of nitrogens with zero attached hydrogens (tertiary/aromatic N) is 4. The van der Waals surface area contributed by atoms with Crippen molar-refractivity contribution in [3.8, 4) is 5.75 Å². The first-order valence-electron chi connectivity index (χ1n) is 11.0. The number of likely N-dealkylation sites (N-methyl/N-ethyl adjacent to an activating group) is 1. The Balaban J connectivity index is 0.00000320. The molecule has 7 nitrogen and oxygen atoms in total. The predicted molar refractivity (Wildman–Crippen MR) is 137 cm³/mol. The Bertz CT molecular complexity index is 665. The van der Waals surface area contributed by atoms with Crippen LogP contribution in [0.25, 0.3) is 0 Å². The Kier molecular flexibility index (Phi) is 10.5. The van der Waals surface area contributed by atoms with Gasteiger partial charge in [0.25, 0.3) is 0 Å². The first-order chi connectivity index (χ1) is 14.1. The summed E-state index contributed by atoms with van der Waals surface area (Å²) in [5.74, 6) is 1.87. The average Bonchev–Trinajstić information content (AvgIpc) is 3.20. The van der Waals surface area contributed by atoms with Crippen molar-refractivity contribution in [3.05, 3.63) is 24.3 Å². The van der Waals surface area contributed by atoms with Gasteiger partial charge in [-0.05, 0) is 39.4 Å². The average molecular weight is 530 g/mol. The second kappa shape index (κ2) is 12.6. The summed E-state index contributed by atoms with van der Waals surface area (Å²) in [5, 5.41) is 7.07. The third-order valence-corrected chi connectivity index (χ3v) is 5.97. The van der Waals surface area contributed by atoms with E-state index in [-0.39, 0.29) is 24.0 Å². The summed E-state index contributed by atoms with van der Waals surface area (Å²) in [5.41, 5.74) is 1.17. The maximum absolute atomic E-state index is 5.54. The van der Waals surface area contributed by atoms with Crippen molar-refractivity contribution >= 4 is 35.6 Å². The fraction of sp³-hybridized carbons (Fsp3) is 0.682. The molecule has 0 bridgehead atoms. The van der Waals surface area contributed by atoms with Gasteiger partial charge in [-0.3, -0.25) is 9.89 Å². The largest absolute Gasteiger partial charge is 0.495 e. The minimum absolute atomic E-state index is 0. The molecule has 0 aromatic heterocycles. The highest BCUT2D eigenvalue weighted by molar-refractivity contribution is 14.0. The van der Waals surface area contributed by atoms with Crippen LogP contribution in [-0.2, 0) is 0 Å². The van der Waals surface area contributed by atoms with Crippen LogP contribution in [0.1, 0.15) is 20.3 Å². The number of hydrogen-bond acceptors (Lipinski definition) is 5. The zero-order valence-electron chi connectivity index (χ0n) is 18.9. The van der Waals surface area contributed by atoms with Gasteiger partial charge in [-0.15, -0.1) is 24.0 Å². The van der Waals surface area contributed by atoms with Gasteiger partial charge < -0.3 is 25.2 Å². The number of ether oxygens (including phenoxy) is 1. The van der Waals surface area contributed by atoms with E-state index in [0.717, 1.165) is 70.5 Å². The highest BCUT2D eigenvalue weighted by Gasteiger charge is 2.25. The molecular formula is C22H39IN6O. The Hall–Kier alpha value is -1.26. The van der Waals surface area contributed by atoms with Crippen molar-refractivity contribution < 1.29 is 4.74 Å². The van der Waals surface area contributed by atoms with E-state index < -0.39 is 0 Å². The van der Waals surface area contributed by atoms with Crippen molar-refractivity contribution in [2.24, 2.45) is 4.99 Å². The summed E-state index contributed by atoms with van der Waals surface area (Å²) < 4.78 is 5.54. The lowest BCUT2D eigenvalue weighted by Crippen LogP contribution is -2.49. The molecule has 2 atom stereocenters. The van der Waals surface area contributed by atoms with Crippen LogP contribution in [-0.4, -0.2) is 94.4 Å². The number of aliphatic imine (C=N–C) groups is 1. The zero-order valence-corrected chi connectivity index (χ0v) is 21.3. The molecule has 8 heteroatoms. The molecule has 0 aliphatic carbocycles. The normalized spacial score (nSPS) is 21.8. The molecule has 2 unspecified atom stereocenters. The van der Waals surface area contributed by atoms with Crippen LogP contribution in [0.2, 0.25) is 0 Å². The van der Waals surface area contributed by atoms with Crippen LogP contribution < -0.4 is 20.3 Å². The SMILES string of the molecule is CCNC(=NCC(C)N1CCN(C)CC1)NC1CCN(c2ccccc2OC)C1.I. The molecule has 2 heterocycles. The summed E-state index contributed by atoms with van der Waals surface area (Å²) in [4.78, 5) is 12.2. The fourth-order valence-electron chi connectivity index (χ4n) is 4.10. The molecule has 2 aliphatic rings. The number of rotatable bonds is 7. The molecule has 0 amide bonds. The van der Waals surface area contributed by atoms with Crippen LogP contribution in [0.4, 0.5) is 5.69 Å². The van der Waals surface area contributed by atoms with Crippen molar-refractivity contribution in [3.63, 3.8) is 0 Å². The van der Waals surface area contributed by atoms with E-state index in [9.17, 15) is 0 Å². The van der Waals surface area contributed by atoms with Crippen molar-refractivity contribution in [1.29, 1.82) is 0 Å². The van der Waals surface area contributed by atoms with Gasteiger partial charge in [-0.25, -0.2) is 0 Å². The second-order valence-electron chi connectivity index (χ2n) is 8.16. The van der Waals surface area contributed by atoms with E-state index in [4.69, 9.17) is 9.73 Å². The standard InChI is InChI=1S/C22H38N6O.HI/c1-5-23-22(24-16-18(2)27-14-12-26(3)13-15-27)25-19-10-11-28(17-19)20-8-6-7-9-21(20)29-4;/h6-9,18-19H,5,10-17H2,1-4H3,(H2,23,24,25);1H. The molecule has 1 aromatic rings. The van der Waals surface area contributed by atoms with Gasteiger partial charge in [-0.2, -0.15) is 0 Å². The van der Waals surface area contributed by atoms with E-state index in [1.54, 1.807) is 7.11 Å². The molecule has 0 saturated carbocycles. The highest BCUT2D eigenvalue weighted by atomic mass is 127. The van der Waals surface area contributed by atoms with E-state index in [1.165, 1.54) is 5.69 Å². The third-order valence-electron chi connectivity index (χ3n) is 5.97. The van der Waals surface area contributed by atoms with E-state index in [0.29, 0.717) is 12.1 Å². The number of halogens is 1. The van der Waals surface area contributed by atoms with Gasteiger partial charge in [-0.1, -0.05) is 12.1 Å². The quantitative estimate of drug-likeness (QED) is 0.320. The van der Waals surface area contributed by atoms with Gasteiger partial charge in [0.05, 0.1) is 19.3 Å². The number of piperazine rings is 1. The molecule has 2 fully saturated rings. The number of para-hydroxylation sites is 2. The van der Waals surface area contributed by atoms with E-state index in [1.807, 2.05) is 12.1 Å². The summed E-state index contributed by atoms with van der Waals surface area (Å²) >= 11 is 0. The van der Waals surface area contributed by atoms with Gasteiger partial charge in [0.2, 0.25) is 0 Å². The molecule has 30 heavy (non-hydrogen) atoms. The van der Waals surface area contributed by atoms with Crippen molar-refractivity contribution in [2.45, 2.75) is 32.4 Å². The van der Waals surface area contributed by atoms with Crippen LogP contribution in [0.5, 0.6) is 5.75 Å². The Morgan fingerprint density at radius 3 is 2.63 bits per heavy atom. The number of guanidine groups is 1. The van der Waals surface area contributed by atoms with Crippen molar-refractivity contribution in [1.82, 2.24) is 20.4 Å². The first kappa shape index (κ1) is 25.0. The molecule has 2 saturated heterocycles. The monoisotopic (exact) mass is 530 g/mol. The lowest BCUT2D eigenvalue weighted by Gasteiger charge is -2.36. The van der Waals surface area contributed by atoms with Crippen LogP contribution in [0.15, 0.2) is 29.3 Å². The fourth-order valence-corrected chi connectivity index (χ4v) is 4.10. The van der Waals surface area contributed by atoms with Crippen molar-refractivity contribution in [2.75, 3.05) is 71.4 Å². The Morgan fingerprint density at radius 1 is 1.20 bits per heavy atom. The topological polar surface area (TPSA) is 55.4 Å². The van der Waals surface area contributed by atoms with Crippen LogP contribution >= 0.6 is 24.0 Å². The Morgan fingerprint density at radius 2 is 1.93 bits per heavy atom. The van der Waals surface area contributed by atoms with Gasteiger partial charge in [0.15, 0.2) is 5.96 Å². The number of hydrogen-bond donors (Lipinski definition) is 2. The number of anilines is 1. The highest BCUT2D eigenvalue weighted by Crippen LogP contribution is 2.30. The molecule has 3 rings (SSSR count). The lowest BCUT2D eigenvalue weighted by atomic mass is 10.2. The summed E-state index contributed by atoms with van der Waals surface area (Å²) in [6.07, 6.45) is 1.09. The molecular weight excluding hydrogens is 491 g/mol. The first-order valence-corrected chi connectivity index (χ1v) is 11.0. The van der Waals surface area contributed by atoms with Gasteiger partial charge in [0.1, 0.15) is 5.75 Å².